The van der Waals surface area contributed by atoms with E-state index in [2.05, 4.69) is 31.2 Å². The standard InChI is InChI=1S/C26H44O2/c1-5-6-7-8-9-10-11-12-13-14-17-23-18-15-19-24(22-23)20-16-21-25(27)28-26(2,3)4/h15,18-19,22H,5-14,16-17,20-21H2,1-4H3. The highest BCUT2D eigenvalue weighted by Gasteiger charge is 2.15. The number of carbonyl (C=O) groups excluding carboxylic acids is 1. The van der Waals surface area contributed by atoms with Crippen LogP contribution in [-0.2, 0) is 22.4 Å². The van der Waals surface area contributed by atoms with Crippen LogP contribution in [0.2, 0.25) is 0 Å². The smallest absolute Gasteiger partial charge is 0.306 e. The van der Waals surface area contributed by atoms with E-state index in [1.807, 2.05) is 20.8 Å². The Morgan fingerprint density at radius 1 is 0.786 bits per heavy atom. The van der Waals surface area contributed by atoms with E-state index in [1.54, 1.807) is 0 Å². The second kappa shape index (κ2) is 14.7. The van der Waals surface area contributed by atoms with Crippen molar-refractivity contribution in [3.8, 4) is 0 Å². The van der Waals surface area contributed by atoms with Crippen LogP contribution in [0, 0.1) is 0 Å². The van der Waals surface area contributed by atoms with Crippen molar-refractivity contribution in [3.05, 3.63) is 35.4 Å². The van der Waals surface area contributed by atoms with Gasteiger partial charge in [0.1, 0.15) is 5.60 Å². The molecule has 0 aliphatic heterocycles. The second-order valence-electron chi connectivity index (χ2n) is 9.19. The van der Waals surface area contributed by atoms with Crippen LogP contribution >= 0.6 is 0 Å². The molecule has 0 saturated heterocycles. The Morgan fingerprint density at radius 3 is 1.82 bits per heavy atom. The largest absolute Gasteiger partial charge is 0.460 e. The molecule has 0 aromatic heterocycles. The number of rotatable bonds is 15. The maximum Gasteiger partial charge on any atom is 0.306 e. The number of esters is 1. The molecule has 160 valence electrons. The Hall–Kier alpha value is -1.31. The molecule has 0 atom stereocenters. The average molecular weight is 389 g/mol. The van der Waals surface area contributed by atoms with Crippen LogP contribution in [-0.4, -0.2) is 11.6 Å². The zero-order valence-corrected chi connectivity index (χ0v) is 19.0. The molecule has 0 fully saturated rings. The molecule has 0 N–H and O–H groups in total. The van der Waals surface area contributed by atoms with Crippen molar-refractivity contribution in [3.63, 3.8) is 0 Å². The molecule has 1 rings (SSSR count). The van der Waals surface area contributed by atoms with Gasteiger partial charge in [-0.3, -0.25) is 4.79 Å². The first-order chi connectivity index (χ1) is 13.4. The lowest BCUT2D eigenvalue weighted by Gasteiger charge is -2.19. The molecule has 0 bridgehead atoms. The number of ether oxygens (including phenoxy) is 1. The van der Waals surface area contributed by atoms with E-state index in [0.717, 1.165) is 12.8 Å². The van der Waals surface area contributed by atoms with Gasteiger partial charge in [-0.05, 0) is 57.6 Å². The molecule has 0 spiro atoms. The molecule has 0 aliphatic carbocycles. The predicted octanol–water partition coefficient (Wildman–Crippen LogP) is 7.81. The fraction of sp³-hybridized carbons (Fsp3) is 0.731. The van der Waals surface area contributed by atoms with Crippen molar-refractivity contribution in [1.82, 2.24) is 0 Å². The van der Waals surface area contributed by atoms with Gasteiger partial charge < -0.3 is 4.74 Å². The highest BCUT2D eigenvalue weighted by Crippen LogP contribution is 2.15. The van der Waals surface area contributed by atoms with Crippen molar-refractivity contribution in [1.29, 1.82) is 0 Å². The molecule has 2 heteroatoms. The summed E-state index contributed by atoms with van der Waals surface area (Å²) in [6.45, 7) is 8.03. The minimum atomic E-state index is -0.383. The lowest BCUT2D eigenvalue weighted by molar-refractivity contribution is -0.154. The summed E-state index contributed by atoms with van der Waals surface area (Å²) in [7, 11) is 0. The van der Waals surface area contributed by atoms with Crippen LogP contribution in [0.4, 0.5) is 0 Å². The summed E-state index contributed by atoms with van der Waals surface area (Å²) in [4.78, 5) is 11.8. The van der Waals surface area contributed by atoms with Gasteiger partial charge in [0.15, 0.2) is 0 Å². The molecule has 0 unspecified atom stereocenters. The van der Waals surface area contributed by atoms with Gasteiger partial charge >= 0.3 is 5.97 Å². The van der Waals surface area contributed by atoms with Gasteiger partial charge in [0.2, 0.25) is 0 Å². The van der Waals surface area contributed by atoms with Crippen molar-refractivity contribution in [2.45, 2.75) is 123 Å². The van der Waals surface area contributed by atoms with Crippen LogP contribution in [0.5, 0.6) is 0 Å². The number of unbranched alkanes of at least 4 members (excludes halogenated alkanes) is 9. The molecular weight excluding hydrogens is 344 g/mol. The van der Waals surface area contributed by atoms with Crippen molar-refractivity contribution < 1.29 is 9.53 Å². The summed E-state index contributed by atoms with van der Waals surface area (Å²) in [5.41, 5.74) is 2.40. The molecule has 0 saturated carbocycles. The van der Waals surface area contributed by atoms with Gasteiger partial charge in [0.25, 0.3) is 0 Å². The molecule has 0 heterocycles. The summed E-state index contributed by atoms with van der Waals surface area (Å²) < 4.78 is 5.38. The average Bonchev–Trinajstić information content (AvgIpc) is 2.62. The zero-order chi connectivity index (χ0) is 20.7. The summed E-state index contributed by atoms with van der Waals surface area (Å²) in [5.74, 6) is -0.0889. The van der Waals surface area contributed by atoms with E-state index >= 15 is 0 Å². The Kier molecular flexibility index (Phi) is 12.9. The van der Waals surface area contributed by atoms with E-state index in [0.29, 0.717) is 6.42 Å². The molecule has 28 heavy (non-hydrogen) atoms. The number of aryl methyl sites for hydroxylation is 2. The van der Waals surface area contributed by atoms with Gasteiger partial charge in [-0.2, -0.15) is 0 Å². The van der Waals surface area contributed by atoms with Crippen LogP contribution < -0.4 is 0 Å². The first-order valence-corrected chi connectivity index (χ1v) is 11.7. The topological polar surface area (TPSA) is 26.3 Å². The van der Waals surface area contributed by atoms with Gasteiger partial charge in [0, 0.05) is 6.42 Å². The first-order valence-electron chi connectivity index (χ1n) is 11.7. The molecule has 1 aromatic carbocycles. The Balaban J connectivity index is 2.12. The van der Waals surface area contributed by atoms with Crippen molar-refractivity contribution in [2.24, 2.45) is 0 Å². The van der Waals surface area contributed by atoms with Gasteiger partial charge in [-0.1, -0.05) is 89.0 Å². The van der Waals surface area contributed by atoms with Crippen LogP contribution in [0.25, 0.3) is 0 Å². The molecule has 0 radical (unpaired) electrons. The van der Waals surface area contributed by atoms with E-state index < -0.39 is 0 Å². The minimum Gasteiger partial charge on any atom is -0.460 e. The van der Waals surface area contributed by atoms with Crippen LogP contribution in [0.15, 0.2) is 24.3 Å². The molecule has 0 amide bonds. The van der Waals surface area contributed by atoms with Gasteiger partial charge in [-0.15, -0.1) is 0 Å². The van der Waals surface area contributed by atoms with Gasteiger partial charge in [-0.25, -0.2) is 0 Å². The summed E-state index contributed by atoms with van der Waals surface area (Å²) in [6, 6.07) is 8.90. The normalized spacial score (nSPS) is 11.6. The Morgan fingerprint density at radius 2 is 1.29 bits per heavy atom. The highest BCUT2D eigenvalue weighted by molar-refractivity contribution is 5.69. The molecular formula is C26H44O2. The minimum absolute atomic E-state index is 0.0889. The zero-order valence-electron chi connectivity index (χ0n) is 19.0. The third-order valence-corrected chi connectivity index (χ3v) is 5.08. The predicted molar refractivity (Wildman–Crippen MR) is 121 cm³/mol. The third-order valence-electron chi connectivity index (χ3n) is 5.08. The summed E-state index contributed by atoms with van der Waals surface area (Å²) in [6.07, 6.45) is 17.3. The van der Waals surface area contributed by atoms with E-state index in [4.69, 9.17) is 4.74 Å². The fourth-order valence-electron chi connectivity index (χ4n) is 3.59. The molecule has 2 nitrogen and oxygen atoms in total. The SMILES string of the molecule is CCCCCCCCCCCCc1cccc(CCCC(=O)OC(C)(C)C)c1. The number of hydrogen-bond donors (Lipinski definition) is 0. The van der Waals surface area contributed by atoms with E-state index in [9.17, 15) is 4.79 Å². The molecule has 1 aromatic rings. The number of benzene rings is 1. The fourth-order valence-corrected chi connectivity index (χ4v) is 3.59. The Labute approximate surface area is 174 Å². The third kappa shape index (κ3) is 13.8. The van der Waals surface area contributed by atoms with E-state index in [1.165, 1.54) is 81.8 Å². The van der Waals surface area contributed by atoms with Crippen molar-refractivity contribution in [2.75, 3.05) is 0 Å². The first kappa shape index (κ1) is 24.7. The quantitative estimate of drug-likeness (QED) is 0.226. The lowest BCUT2D eigenvalue weighted by atomic mass is 10.0. The monoisotopic (exact) mass is 388 g/mol. The number of hydrogen-bond acceptors (Lipinski definition) is 2. The van der Waals surface area contributed by atoms with Gasteiger partial charge in [0.05, 0.1) is 0 Å². The maximum atomic E-state index is 11.8. The highest BCUT2D eigenvalue weighted by atomic mass is 16.6. The van der Waals surface area contributed by atoms with E-state index in [-0.39, 0.29) is 11.6 Å². The lowest BCUT2D eigenvalue weighted by Crippen LogP contribution is -2.23. The van der Waals surface area contributed by atoms with Crippen LogP contribution in [0.3, 0.4) is 0 Å². The summed E-state index contributed by atoms with van der Waals surface area (Å²) in [5, 5.41) is 0. The van der Waals surface area contributed by atoms with Crippen LogP contribution in [0.1, 0.15) is 116 Å². The molecule has 0 aliphatic rings. The maximum absolute atomic E-state index is 11.8. The second-order valence-corrected chi connectivity index (χ2v) is 9.19. The van der Waals surface area contributed by atoms with Crippen molar-refractivity contribution >= 4 is 5.97 Å². The Bertz CT molecular complexity index is 527. The summed E-state index contributed by atoms with van der Waals surface area (Å²) >= 11 is 0. The number of carbonyl (C=O) groups is 1.